The van der Waals surface area contributed by atoms with Crippen LogP contribution in [0.1, 0.15) is 22.3 Å². The van der Waals surface area contributed by atoms with Gasteiger partial charge in [0.15, 0.2) is 0 Å². The minimum atomic E-state index is -4.61. The first-order valence-corrected chi connectivity index (χ1v) is 13.4. The Balaban J connectivity index is 1.72. The zero-order chi connectivity index (χ0) is 25.8. The molecule has 2 aliphatic heterocycles. The quantitative estimate of drug-likeness (QED) is 0.366. The van der Waals surface area contributed by atoms with Crippen molar-refractivity contribution >= 4 is 49.1 Å². The van der Waals surface area contributed by atoms with Crippen molar-refractivity contribution in [1.29, 1.82) is 0 Å². The molecule has 1 amide bonds. The number of anilines is 1. The van der Waals surface area contributed by atoms with Gasteiger partial charge in [0.25, 0.3) is 15.9 Å². The predicted molar refractivity (Wildman–Crippen MR) is 133 cm³/mol. The van der Waals surface area contributed by atoms with Crippen LogP contribution in [0, 0.1) is 11.6 Å². The van der Waals surface area contributed by atoms with Crippen LogP contribution in [0.5, 0.6) is 5.75 Å². The first-order valence-electron chi connectivity index (χ1n) is 10.8. The normalized spacial score (nSPS) is 19.1. The summed E-state index contributed by atoms with van der Waals surface area (Å²) in [5, 5.41) is 10.8. The van der Waals surface area contributed by atoms with E-state index in [2.05, 4.69) is 20.7 Å². The van der Waals surface area contributed by atoms with Crippen LogP contribution in [0.25, 0.3) is 11.1 Å². The number of phenols is 1. The number of hydrogen-bond acceptors (Lipinski definition) is 5. The lowest BCUT2D eigenvalue weighted by Crippen LogP contribution is -2.30. The summed E-state index contributed by atoms with van der Waals surface area (Å²) in [4.78, 5) is 14.0. The number of rotatable bonds is 0. The lowest BCUT2D eigenvalue weighted by Gasteiger charge is -2.20. The lowest BCUT2D eigenvalue weighted by molar-refractivity contribution is 0.0439. The van der Waals surface area contributed by atoms with E-state index in [9.17, 15) is 27.1 Å². The van der Waals surface area contributed by atoms with Crippen molar-refractivity contribution < 1.29 is 31.8 Å². The topological polar surface area (TPSA) is 95.9 Å². The highest BCUT2D eigenvalue weighted by molar-refractivity contribution is 9.10. The third-order valence-corrected chi connectivity index (χ3v) is 8.35. The highest BCUT2D eigenvalue weighted by Gasteiger charge is 2.31. The standard InChI is InChI=1S/C24H18BrClF2N2O5S/c25-18-5-13-6-22(23(18)31)36(33,34)29-21-8-17(19(27)9-20(21)28)16-7-14(26)2-1-12(16)11-35-15-3-4-30(10-15)24(13)32/h1-2,5-9,15,29,31H,3-4,10-11H2/t15-/m0/s1. The number of carbonyl (C=O) groups is 1. The van der Waals surface area contributed by atoms with Crippen LogP contribution in [0.4, 0.5) is 14.5 Å². The van der Waals surface area contributed by atoms with E-state index in [1.165, 1.54) is 17.0 Å². The van der Waals surface area contributed by atoms with Crippen molar-refractivity contribution in [3.63, 3.8) is 0 Å². The number of nitrogens with zero attached hydrogens (tertiary/aromatic N) is 1. The Kier molecular flexibility index (Phi) is 6.44. The van der Waals surface area contributed by atoms with Gasteiger partial charge >= 0.3 is 0 Å². The SMILES string of the molecule is O=C1c2cc(Br)c(O)c(c2)S(=O)(=O)Nc2cc(c(F)cc2F)-c2cc(Cl)ccc2CO[C@H]2CCN1C2. The molecule has 0 unspecified atom stereocenters. The summed E-state index contributed by atoms with van der Waals surface area (Å²) in [6.45, 7) is 0.693. The highest BCUT2D eigenvalue weighted by atomic mass is 79.9. The molecule has 2 aliphatic rings. The number of hydrogen-bond donors (Lipinski definition) is 2. The van der Waals surface area contributed by atoms with E-state index in [1.54, 1.807) is 12.1 Å². The van der Waals surface area contributed by atoms with Gasteiger partial charge in [-0.1, -0.05) is 17.7 Å². The number of fused-ring (bicyclic) bond motifs is 8. The summed E-state index contributed by atoms with van der Waals surface area (Å²) >= 11 is 9.24. The second-order valence-electron chi connectivity index (χ2n) is 8.50. The molecule has 0 aliphatic carbocycles. The number of carbonyl (C=O) groups excluding carboxylic acids is 1. The summed E-state index contributed by atoms with van der Waals surface area (Å²) in [5.41, 5.74) is 0.201. The van der Waals surface area contributed by atoms with Gasteiger partial charge in [0.1, 0.15) is 22.3 Å². The molecule has 1 fully saturated rings. The lowest BCUT2D eigenvalue weighted by atomic mass is 9.99. The van der Waals surface area contributed by atoms with Gasteiger partial charge in [-0.3, -0.25) is 9.52 Å². The molecule has 5 rings (SSSR count). The van der Waals surface area contributed by atoms with Gasteiger partial charge in [-0.05, 0) is 63.8 Å². The fourth-order valence-electron chi connectivity index (χ4n) is 4.30. The van der Waals surface area contributed by atoms with Gasteiger partial charge < -0.3 is 14.7 Å². The maximum atomic E-state index is 15.0. The molecule has 6 bridgehead atoms. The van der Waals surface area contributed by atoms with E-state index in [1.807, 2.05) is 0 Å². The van der Waals surface area contributed by atoms with Crippen molar-refractivity contribution in [2.45, 2.75) is 24.0 Å². The molecule has 1 saturated heterocycles. The van der Waals surface area contributed by atoms with E-state index >= 15 is 0 Å². The van der Waals surface area contributed by atoms with E-state index < -0.39 is 43.9 Å². The highest BCUT2D eigenvalue weighted by Crippen LogP contribution is 2.37. The number of phenolic OH excluding ortho intramolecular Hbond substituents is 1. The van der Waals surface area contributed by atoms with Gasteiger partial charge in [0, 0.05) is 35.3 Å². The van der Waals surface area contributed by atoms with Crippen molar-refractivity contribution in [3.8, 4) is 16.9 Å². The molecule has 7 nitrogen and oxygen atoms in total. The van der Waals surface area contributed by atoms with Gasteiger partial charge in [-0.2, -0.15) is 0 Å². The maximum Gasteiger partial charge on any atom is 0.265 e. The molecule has 2 heterocycles. The number of amides is 1. The summed E-state index contributed by atoms with van der Waals surface area (Å²) in [5.74, 6) is -3.21. The Hall–Kier alpha value is -2.73. The zero-order valence-electron chi connectivity index (χ0n) is 18.4. The minimum Gasteiger partial charge on any atom is -0.505 e. The minimum absolute atomic E-state index is 0.00745. The van der Waals surface area contributed by atoms with Crippen LogP contribution in [-0.2, 0) is 21.4 Å². The van der Waals surface area contributed by atoms with Crippen molar-refractivity contribution in [2.75, 3.05) is 17.8 Å². The second-order valence-corrected chi connectivity index (χ2v) is 11.4. The first-order chi connectivity index (χ1) is 17.0. The summed E-state index contributed by atoms with van der Waals surface area (Å²) in [6.07, 6.45) is 0.222. The Bertz CT molecular complexity index is 1520. The molecule has 0 radical (unpaired) electrons. The molecule has 188 valence electrons. The molecule has 0 spiro atoms. The van der Waals surface area contributed by atoms with Crippen LogP contribution in [0.15, 0.2) is 51.8 Å². The fourth-order valence-corrected chi connectivity index (χ4v) is 6.27. The Morgan fingerprint density at radius 3 is 2.67 bits per heavy atom. The third kappa shape index (κ3) is 4.56. The van der Waals surface area contributed by atoms with E-state index in [4.69, 9.17) is 16.3 Å². The second kappa shape index (κ2) is 9.29. The number of halogens is 4. The first kappa shape index (κ1) is 24.9. The number of sulfonamides is 1. The molecular formula is C24H18BrClF2N2O5S. The number of nitrogens with one attached hydrogen (secondary N) is 1. The molecule has 3 aromatic carbocycles. The van der Waals surface area contributed by atoms with E-state index in [0.29, 0.717) is 35.2 Å². The number of ether oxygens (including phenoxy) is 1. The molecule has 0 aromatic heterocycles. The largest absolute Gasteiger partial charge is 0.505 e. The molecule has 12 heteroatoms. The Labute approximate surface area is 218 Å². The van der Waals surface area contributed by atoms with E-state index in [-0.39, 0.29) is 34.9 Å². The van der Waals surface area contributed by atoms with Gasteiger partial charge in [-0.25, -0.2) is 17.2 Å². The van der Waals surface area contributed by atoms with Crippen molar-refractivity contribution in [1.82, 2.24) is 4.90 Å². The van der Waals surface area contributed by atoms with Crippen LogP contribution in [0.3, 0.4) is 0 Å². The van der Waals surface area contributed by atoms with Crippen molar-refractivity contribution in [2.24, 2.45) is 0 Å². The van der Waals surface area contributed by atoms with E-state index in [0.717, 1.165) is 12.1 Å². The maximum absolute atomic E-state index is 15.0. The van der Waals surface area contributed by atoms with Crippen LogP contribution in [-0.4, -0.2) is 43.5 Å². The van der Waals surface area contributed by atoms with Gasteiger partial charge in [0.2, 0.25) is 0 Å². The molecule has 3 aromatic rings. The predicted octanol–water partition coefficient (Wildman–Crippen LogP) is 5.30. The number of benzene rings is 3. The third-order valence-electron chi connectivity index (χ3n) is 6.13. The van der Waals surface area contributed by atoms with Crippen molar-refractivity contribution in [3.05, 3.63) is 74.7 Å². The smallest absolute Gasteiger partial charge is 0.265 e. The average Bonchev–Trinajstić information content (AvgIpc) is 3.29. The summed E-state index contributed by atoms with van der Waals surface area (Å²) in [7, 11) is -4.61. The number of aromatic hydroxyl groups is 1. The molecular weight excluding hydrogens is 582 g/mol. The van der Waals surface area contributed by atoms with Crippen LogP contribution >= 0.6 is 27.5 Å². The Morgan fingerprint density at radius 2 is 1.89 bits per heavy atom. The summed E-state index contributed by atoms with van der Waals surface area (Å²) < 4.78 is 64.2. The molecule has 1 atom stereocenters. The molecule has 36 heavy (non-hydrogen) atoms. The monoisotopic (exact) mass is 598 g/mol. The zero-order valence-corrected chi connectivity index (χ0v) is 21.6. The fraction of sp³-hybridized carbons (Fsp3) is 0.208. The van der Waals surface area contributed by atoms with Crippen LogP contribution in [0.2, 0.25) is 5.02 Å². The summed E-state index contributed by atoms with van der Waals surface area (Å²) in [6, 6.07) is 8.63. The molecule has 2 N–H and O–H groups in total. The van der Waals surface area contributed by atoms with Gasteiger partial charge in [-0.15, -0.1) is 0 Å². The van der Waals surface area contributed by atoms with Gasteiger partial charge in [0.05, 0.1) is 22.9 Å². The molecule has 0 saturated carbocycles. The Morgan fingerprint density at radius 1 is 1.11 bits per heavy atom. The average molecular weight is 600 g/mol. The van der Waals surface area contributed by atoms with Crippen LogP contribution < -0.4 is 4.72 Å².